The molecule has 1 aliphatic rings. The normalized spacial score (nSPS) is 15.4. The molecule has 1 atom stereocenters. The Hall–Kier alpha value is -2.58. The Balaban J connectivity index is 1.44. The van der Waals surface area contributed by atoms with Gasteiger partial charge in [-0.15, -0.1) is 0 Å². The number of benzene rings is 2. The van der Waals surface area contributed by atoms with Gasteiger partial charge in [-0.1, -0.05) is 25.0 Å². The summed E-state index contributed by atoms with van der Waals surface area (Å²) in [6, 6.07) is 13.9. The van der Waals surface area contributed by atoms with Crippen LogP contribution in [0.4, 0.5) is 0 Å². The first kappa shape index (κ1) is 23.1. The lowest BCUT2D eigenvalue weighted by atomic mass is 10.1. The van der Waals surface area contributed by atoms with Crippen molar-refractivity contribution in [2.75, 3.05) is 13.7 Å². The van der Waals surface area contributed by atoms with Crippen LogP contribution in [0.25, 0.3) is 0 Å². The van der Waals surface area contributed by atoms with Crippen LogP contribution in [0.15, 0.2) is 53.4 Å². The number of hydrogen-bond donors (Lipinski definition) is 2. The highest BCUT2D eigenvalue weighted by molar-refractivity contribution is 7.89. The highest BCUT2D eigenvalue weighted by atomic mass is 32.2. The molecule has 0 bridgehead atoms. The number of methoxy groups -OCH3 is 1. The Kier molecular flexibility index (Phi) is 7.92. The van der Waals surface area contributed by atoms with Crippen molar-refractivity contribution in [3.8, 4) is 11.5 Å². The number of carbonyl (C=O) groups is 1. The standard InChI is InChI=1S/C23H30N2O5S/c1-17(30-21-11-9-20(29-2)10-12-21)23(26)24-16-15-18-7-13-22(14-8-18)31(27,28)25-19-5-3-4-6-19/h7-14,17,19,25H,3-6,15-16H2,1-2H3,(H,24,26). The predicted molar refractivity (Wildman–Crippen MR) is 119 cm³/mol. The molecule has 3 rings (SSSR count). The first-order valence-corrected chi connectivity index (χ1v) is 12.1. The zero-order valence-corrected chi connectivity index (χ0v) is 18.8. The summed E-state index contributed by atoms with van der Waals surface area (Å²) >= 11 is 0. The maximum Gasteiger partial charge on any atom is 0.260 e. The van der Waals surface area contributed by atoms with E-state index in [2.05, 4.69) is 10.0 Å². The van der Waals surface area contributed by atoms with Crippen LogP contribution >= 0.6 is 0 Å². The van der Waals surface area contributed by atoms with E-state index in [1.807, 2.05) is 0 Å². The van der Waals surface area contributed by atoms with E-state index < -0.39 is 16.1 Å². The highest BCUT2D eigenvalue weighted by Gasteiger charge is 2.22. The van der Waals surface area contributed by atoms with E-state index in [0.29, 0.717) is 18.7 Å². The molecule has 0 aromatic heterocycles. The third kappa shape index (κ3) is 6.70. The predicted octanol–water partition coefficient (Wildman–Crippen LogP) is 3.04. The van der Waals surface area contributed by atoms with Gasteiger partial charge < -0.3 is 14.8 Å². The minimum Gasteiger partial charge on any atom is -0.497 e. The molecule has 0 radical (unpaired) electrons. The van der Waals surface area contributed by atoms with Crippen molar-refractivity contribution < 1.29 is 22.7 Å². The summed E-state index contributed by atoms with van der Waals surface area (Å²) in [5, 5.41) is 2.85. The van der Waals surface area contributed by atoms with Crippen LogP contribution in [0.3, 0.4) is 0 Å². The lowest BCUT2D eigenvalue weighted by Crippen LogP contribution is -2.37. The summed E-state index contributed by atoms with van der Waals surface area (Å²) in [5.41, 5.74) is 0.948. The Morgan fingerprint density at radius 2 is 1.65 bits per heavy atom. The first-order chi connectivity index (χ1) is 14.9. The van der Waals surface area contributed by atoms with Crippen molar-refractivity contribution in [2.24, 2.45) is 0 Å². The zero-order valence-electron chi connectivity index (χ0n) is 18.0. The molecule has 1 saturated carbocycles. The molecule has 8 heteroatoms. The second-order valence-electron chi connectivity index (χ2n) is 7.72. The smallest absolute Gasteiger partial charge is 0.260 e. The fraction of sp³-hybridized carbons (Fsp3) is 0.435. The molecular weight excluding hydrogens is 416 g/mol. The van der Waals surface area contributed by atoms with E-state index in [9.17, 15) is 13.2 Å². The molecular formula is C23H30N2O5S. The molecule has 0 spiro atoms. The summed E-state index contributed by atoms with van der Waals surface area (Å²) in [6.07, 6.45) is 3.90. The van der Waals surface area contributed by atoms with Gasteiger partial charge in [0.25, 0.3) is 5.91 Å². The minimum absolute atomic E-state index is 0.0435. The van der Waals surface area contributed by atoms with Gasteiger partial charge >= 0.3 is 0 Å². The van der Waals surface area contributed by atoms with Crippen LogP contribution in [0.1, 0.15) is 38.2 Å². The lowest BCUT2D eigenvalue weighted by Gasteiger charge is -2.15. The number of carbonyl (C=O) groups excluding carboxylic acids is 1. The summed E-state index contributed by atoms with van der Waals surface area (Å²) in [6.45, 7) is 2.12. The van der Waals surface area contributed by atoms with Crippen molar-refractivity contribution in [3.05, 3.63) is 54.1 Å². The molecule has 0 saturated heterocycles. The van der Waals surface area contributed by atoms with Crippen molar-refractivity contribution >= 4 is 15.9 Å². The summed E-state index contributed by atoms with van der Waals surface area (Å²) in [5.74, 6) is 1.10. The van der Waals surface area contributed by atoms with Crippen molar-refractivity contribution in [2.45, 2.75) is 56.1 Å². The van der Waals surface area contributed by atoms with Gasteiger partial charge in [-0.05, 0) is 68.1 Å². The van der Waals surface area contributed by atoms with Gasteiger partial charge in [0.1, 0.15) is 11.5 Å². The molecule has 0 aliphatic heterocycles. The van der Waals surface area contributed by atoms with Crippen LogP contribution in [0.2, 0.25) is 0 Å². The summed E-state index contributed by atoms with van der Waals surface area (Å²) in [7, 11) is -1.89. The van der Waals surface area contributed by atoms with Gasteiger partial charge in [0, 0.05) is 12.6 Å². The third-order valence-electron chi connectivity index (χ3n) is 5.37. The molecule has 2 aromatic rings. The van der Waals surface area contributed by atoms with Crippen LogP contribution < -0.4 is 19.5 Å². The molecule has 31 heavy (non-hydrogen) atoms. The first-order valence-electron chi connectivity index (χ1n) is 10.6. The lowest BCUT2D eigenvalue weighted by molar-refractivity contribution is -0.127. The van der Waals surface area contributed by atoms with E-state index in [-0.39, 0.29) is 16.8 Å². The second kappa shape index (κ2) is 10.6. The van der Waals surface area contributed by atoms with Gasteiger partial charge in [-0.2, -0.15) is 0 Å². The van der Waals surface area contributed by atoms with Crippen LogP contribution in [-0.2, 0) is 21.2 Å². The number of sulfonamides is 1. The Morgan fingerprint density at radius 1 is 1.03 bits per heavy atom. The summed E-state index contributed by atoms with van der Waals surface area (Å²) < 4.78 is 38.5. The van der Waals surface area contributed by atoms with Gasteiger partial charge in [0.15, 0.2) is 6.10 Å². The van der Waals surface area contributed by atoms with Gasteiger partial charge in [-0.25, -0.2) is 13.1 Å². The fourth-order valence-electron chi connectivity index (χ4n) is 3.55. The molecule has 1 amide bonds. The number of nitrogens with one attached hydrogen (secondary N) is 2. The zero-order chi connectivity index (χ0) is 22.3. The molecule has 168 valence electrons. The monoisotopic (exact) mass is 446 g/mol. The van der Waals surface area contributed by atoms with Crippen LogP contribution in [-0.4, -0.2) is 40.1 Å². The van der Waals surface area contributed by atoms with Crippen LogP contribution in [0, 0.1) is 0 Å². The number of ether oxygens (including phenoxy) is 2. The number of amides is 1. The highest BCUT2D eigenvalue weighted by Crippen LogP contribution is 2.21. The quantitative estimate of drug-likeness (QED) is 0.585. The summed E-state index contributed by atoms with van der Waals surface area (Å²) in [4.78, 5) is 12.5. The van der Waals surface area contributed by atoms with Crippen LogP contribution in [0.5, 0.6) is 11.5 Å². The molecule has 2 N–H and O–H groups in total. The van der Waals surface area contributed by atoms with Crippen molar-refractivity contribution in [1.82, 2.24) is 10.0 Å². The minimum atomic E-state index is -3.48. The largest absolute Gasteiger partial charge is 0.497 e. The van der Waals surface area contributed by atoms with E-state index in [4.69, 9.17) is 9.47 Å². The second-order valence-corrected chi connectivity index (χ2v) is 9.44. The van der Waals surface area contributed by atoms with E-state index in [1.165, 1.54) is 0 Å². The van der Waals surface area contributed by atoms with E-state index in [1.54, 1.807) is 62.6 Å². The average molecular weight is 447 g/mol. The maximum absolute atomic E-state index is 12.5. The Morgan fingerprint density at radius 3 is 2.26 bits per heavy atom. The molecule has 1 fully saturated rings. The maximum atomic E-state index is 12.5. The number of rotatable bonds is 10. The molecule has 0 heterocycles. The molecule has 7 nitrogen and oxygen atoms in total. The van der Waals surface area contributed by atoms with Crippen molar-refractivity contribution in [3.63, 3.8) is 0 Å². The Bertz CT molecular complexity index is 952. The topological polar surface area (TPSA) is 93.7 Å². The number of hydrogen-bond acceptors (Lipinski definition) is 5. The van der Waals surface area contributed by atoms with Gasteiger partial charge in [0.05, 0.1) is 12.0 Å². The fourth-order valence-corrected chi connectivity index (χ4v) is 4.86. The van der Waals surface area contributed by atoms with E-state index in [0.717, 1.165) is 37.0 Å². The van der Waals surface area contributed by atoms with Gasteiger partial charge in [-0.3, -0.25) is 4.79 Å². The SMILES string of the molecule is COc1ccc(OC(C)C(=O)NCCc2ccc(S(=O)(=O)NC3CCCC3)cc2)cc1. The molecule has 1 unspecified atom stereocenters. The average Bonchev–Trinajstić information content (AvgIpc) is 3.27. The molecule has 1 aliphatic carbocycles. The van der Waals surface area contributed by atoms with E-state index >= 15 is 0 Å². The third-order valence-corrected chi connectivity index (χ3v) is 6.90. The van der Waals surface area contributed by atoms with Gasteiger partial charge in [0.2, 0.25) is 10.0 Å². The van der Waals surface area contributed by atoms with Crippen molar-refractivity contribution in [1.29, 1.82) is 0 Å². The Labute approximate surface area is 184 Å². The molecule has 2 aromatic carbocycles.